The average Bonchev–Trinajstić information content (AvgIpc) is 1.67. The first-order valence-electron chi connectivity index (χ1n) is 2.90. The molecule has 0 amide bonds. The second kappa shape index (κ2) is 3.02. The van der Waals surface area contributed by atoms with Gasteiger partial charge in [0, 0.05) is 6.54 Å². The Morgan fingerprint density at radius 1 is 1.38 bits per heavy atom. The lowest BCUT2D eigenvalue weighted by Crippen LogP contribution is -2.55. The van der Waals surface area contributed by atoms with E-state index in [1.165, 1.54) is 0 Å². The molecule has 8 heavy (non-hydrogen) atoms. The lowest BCUT2D eigenvalue weighted by molar-refractivity contribution is 0.414. The highest BCUT2D eigenvalue weighted by Crippen LogP contribution is 1.97. The van der Waals surface area contributed by atoms with E-state index in [2.05, 4.69) is 0 Å². The van der Waals surface area contributed by atoms with Crippen LogP contribution < -0.4 is 17.2 Å². The van der Waals surface area contributed by atoms with Crippen LogP contribution in [-0.4, -0.2) is 12.2 Å². The van der Waals surface area contributed by atoms with Crippen LogP contribution in [0.25, 0.3) is 0 Å². The molecule has 0 aromatic heterocycles. The Bertz CT molecular complexity index is 60.7. The summed E-state index contributed by atoms with van der Waals surface area (Å²) >= 11 is 0. The van der Waals surface area contributed by atoms with Gasteiger partial charge >= 0.3 is 0 Å². The topological polar surface area (TPSA) is 78.1 Å². The van der Waals surface area contributed by atoms with Crippen LogP contribution >= 0.6 is 0 Å². The SMILES string of the molecule is CCCC(N)(N)CN. The van der Waals surface area contributed by atoms with E-state index in [-0.39, 0.29) is 0 Å². The molecule has 6 N–H and O–H groups in total. The van der Waals surface area contributed by atoms with Crippen molar-refractivity contribution in [2.75, 3.05) is 6.54 Å². The lowest BCUT2D eigenvalue weighted by atomic mass is 10.1. The highest BCUT2D eigenvalue weighted by molar-refractivity contribution is 4.75. The van der Waals surface area contributed by atoms with Gasteiger partial charge in [0.1, 0.15) is 0 Å². The van der Waals surface area contributed by atoms with Crippen LogP contribution in [0, 0.1) is 0 Å². The molecule has 0 radical (unpaired) electrons. The van der Waals surface area contributed by atoms with E-state index in [4.69, 9.17) is 17.2 Å². The molecule has 0 saturated carbocycles. The molecule has 0 spiro atoms. The van der Waals surface area contributed by atoms with Crippen LogP contribution in [0.5, 0.6) is 0 Å². The summed E-state index contributed by atoms with van der Waals surface area (Å²) in [5.74, 6) is 0. The Morgan fingerprint density at radius 3 is 2.00 bits per heavy atom. The Morgan fingerprint density at radius 2 is 1.88 bits per heavy atom. The maximum absolute atomic E-state index is 5.48. The van der Waals surface area contributed by atoms with E-state index in [0.29, 0.717) is 6.54 Å². The number of rotatable bonds is 3. The highest BCUT2D eigenvalue weighted by Gasteiger charge is 2.13. The third-order valence-corrected chi connectivity index (χ3v) is 1.10. The van der Waals surface area contributed by atoms with Crippen LogP contribution in [0.2, 0.25) is 0 Å². The Hall–Kier alpha value is -0.120. The zero-order valence-electron chi connectivity index (χ0n) is 5.35. The second-order valence-electron chi connectivity index (χ2n) is 2.19. The second-order valence-corrected chi connectivity index (χ2v) is 2.19. The van der Waals surface area contributed by atoms with Crippen molar-refractivity contribution in [3.63, 3.8) is 0 Å². The van der Waals surface area contributed by atoms with E-state index < -0.39 is 5.66 Å². The van der Waals surface area contributed by atoms with Crippen LogP contribution in [0.15, 0.2) is 0 Å². The normalized spacial score (nSPS) is 12.0. The quantitative estimate of drug-likeness (QED) is 0.430. The van der Waals surface area contributed by atoms with Crippen molar-refractivity contribution in [3.8, 4) is 0 Å². The molecule has 3 heteroatoms. The molecule has 0 heterocycles. The van der Waals surface area contributed by atoms with Crippen molar-refractivity contribution in [2.45, 2.75) is 25.4 Å². The minimum Gasteiger partial charge on any atom is -0.328 e. The molecule has 0 aliphatic rings. The molecule has 0 fully saturated rings. The van der Waals surface area contributed by atoms with E-state index >= 15 is 0 Å². The fraction of sp³-hybridized carbons (Fsp3) is 1.00. The first-order chi connectivity index (χ1) is 3.62. The van der Waals surface area contributed by atoms with Gasteiger partial charge in [-0.15, -0.1) is 0 Å². The standard InChI is InChI=1S/C5H15N3/c1-2-3-5(7,8)4-6/h2-4,6-8H2,1H3. The molecular weight excluding hydrogens is 102 g/mol. The van der Waals surface area contributed by atoms with E-state index in [1.54, 1.807) is 0 Å². The Balaban J connectivity index is 3.37. The number of hydrogen-bond acceptors (Lipinski definition) is 3. The maximum atomic E-state index is 5.48. The first-order valence-corrected chi connectivity index (χ1v) is 2.90. The zero-order valence-corrected chi connectivity index (χ0v) is 5.35. The van der Waals surface area contributed by atoms with Crippen molar-refractivity contribution in [2.24, 2.45) is 17.2 Å². The molecule has 0 aromatic carbocycles. The fourth-order valence-electron chi connectivity index (χ4n) is 0.568. The summed E-state index contributed by atoms with van der Waals surface area (Å²) in [6, 6.07) is 0. The summed E-state index contributed by atoms with van der Waals surface area (Å²) in [4.78, 5) is 0. The summed E-state index contributed by atoms with van der Waals surface area (Å²) in [5.41, 5.74) is 15.6. The van der Waals surface area contributed by atoms with Gasteiger partial charge in [-0.2, -0.15) is 0 Å². The summed E-state index contributed by atoms with van der Waals surface area (Å²) in [7, 11) is 0. The molecule has 3 nitrogen and oxygen atoms in total. The Labute approximate surface area is 50.2 Å². The Kier molecular flexibility index (Phi) is 2.97. The molecule has 0 saturated heterocycles. The van der Waals surface area contributed by atoms with Crippen molar-refractivity contribution < 1.29 is 0 Å². The summed E-state index contributed by atoms with van der Waals surface area (Å²) in [6.07, 6.45) is 1.79. The molecule has 0 atom stereocenters. The lowest BCUT2D eigenvalue weighted by Gasteiger charge is -2.20. The molecule has 0 aromatic rings. The zero-order chi connectivity index (χ0) is 6.62. The average molecular weight is 117 g/mol. The molecule has 0 aliphatic heterocycles. The van der Waals surface area contributed by atoms with Gasteiger partial charge < -0.3 is 17.2 Å². The van der Waals surface area contributed by atoms with Crippen LogP contribution in [0.3, 0.4) is 0 Å². The predicted octanol–water partition coefficient (Wildman–Crippen LogP) is -0.641. The third kappa shape index (κ3) is 2.96. The van der Waals surface area contributed by atoms with Gasteiger partial charge in [-0.3, -0.25) is 0 Å². The van der Waals surface area contributed by atoms with Gasteiger partial charge in [-0.25, -0.2) is 0 Å². The number of hydrogen-bond donors (Lipinski definition) is 3. The van der Waals surface area contributed by atoms with Gasteiger partial charge in [0.25, 0.3) is 0 Å². The smallest absolute Gasteiger partial charge is 0.0762 e. The van der Waals surface area contributed by atoms with E-state index in [1.807, 2.05) is 6.92 Å². The predicted molar refractivity (Wildman–Crippen MR) is 35.1 cm³/mol. The van der Waals surface area contributed by atoms with Crippen LogP contribution in [0.1, 0.15) is 19.8 Å². The minimum atomic E-state index is -0.630. The van der Waals surface area contributed by atoms with Crippen molar-refractivity contribution in [3.05, 3.63) is 0 Å². The van der Waals surface area contributed by atoms with Gasteiger partial charge in [0.05, 0.1) is 5.66 Å². The highest BCUT2D eigenvalue weighted by atomic mass is 15.0. The first kappa shape index (κ1) is 7.88. The summed E-state index contributed by atoms with van der Waals surface area (Å²) < 4.78 is 0. The molecular formula is C5H15N3. The van der Waals surface area contributed by atoms with Crippen molar-refractivity contribution in [1.29, 1.82) is 0 Å². The molecule has 0 bridgehead atoms. The molecule has 50 valence electrons. The molecule has 0 rings (SSSR count). The van der Waals surface area contributed by atoms with Gasteiger partial charge in [0.2, 0.25) is 0 Å². The van der Waals surface area contributed by atoms with Crippen molar-refractivity contribution >= 4 is 0 Å². The van der Waals surface area contributed by atoms with Gasteiger partial charge in [-0.1, -0.05) is 13.3 Å². The maximum Gasteiger partial charge on any atom is 0.0762 e. The van der Waals surface area contributed by atoms with Gasteiger partial charge in [0.15, 0.2) is 0 Å². The third-order valence-electron chi connectivity index (χ3n) is 1.10. The van der Waals surface area contributed by atoms with Crippen molar-refractivity contribution in [1.82, 2.24) is 0 Å². The number of nitrogens with two attached hydrogens (primary N) is 3. The largest absolute Gasteiger partial charge is 0.328 e. The monoisotopic (exact) mass is 117 g/mol. The van der Waals surface area contributed by atoms with E-state index in [9.17, 15) is 0 Å². The fourth-order valence-corrected chi connectivity index (χ4v) is 0.568. The summed E-state index contributed by atoms with van der Waals surface area (Å²) in [6.45, 7) is 2.39. The van der Waals surface area contributed by atoms with Crippen LogP contribution in [-0.2, 0) is 0 Å². The molecule has 0 aliphatic carbocycles. The van der Waals surface area contributed by atoms with Crippen LogP contribution in [0.4, 0.5) is 0 Å². The summed E-state index contributed by atoms with van der Waals surface area (Å²) in [5, 5.41) is 0. The van der Waals surface area contributed by atoms with E-state index in [0.717, 1.165) is 12.8 Å². The minimum absolute atomic E-state index is 0.362. The van der Waals surface area contributed by atoms with Gasteiger partial charge in [-0.05, 0) is 6.42 Å². The molecule has 0 unspecified atom stereocenters.